The summed E-state index contributed by atoms with van der Waals surface area (Å²) in [6.07, 6.45) is 0. The molecule has 0 atom stereocenters. The number of rotatable bonds is 7. The van der Waals surface area contributed by atoms with Crippen molar-refractivity contribution in [2.45, 2.75) is 33.9 Å². The average molecular weight is 324 g/mol. The summed E-state index contributed by atoms with van der Waals surface area (Å²) in [5.41, 5.74) is 2.08. The molecule has 2 aromatic carbocycles. The van der Waals surface area contributed by atoms with E-state index in [1.165, 1.54) is 0 Å². The average Bonchev–Trinajstić information content (AvgIpc) is 2.91. The minimum atomic E-state index is 0.454. The van der Waals surface area contributed by atoms with Gasteiger partial charge in [-0.2, -0.15) is 0 Å². The minimum Gasteiger partial charge on any atom is -0.494 e. The highest BCUT2D eigenvalue weighted by atomic mass is 16.5. The van der Waals surface area contributed by atoms with E-state index < -0.39 is 0 Å². The highest BCUT2D eigenvalue weighted by Crippen LogP contribution is 2.24. The number of nitrogens with zero attached hydrogens (tertiary/aromatic N) is 2. The van der Waals surface area contributed by atoms with Crippen LogP contribution in [0.15, 0.2) is 48.5 Å². The number of para-hydroxylation sites is 1. The largest absolute Gasteiger partial charge is 0.494 e. The summed E-state index contributed by atoms with van der Waals surface area (Å²) >= 11 is 0. The van der Waals surface area contributed by atoms with Crippen LogP contribution < -0.4 is 9.47 Å². The smallest absolute Gasteiger partial charge is 0.148 e. The molecular weight excluding hydrogens is 300 g/mol. The molecule has 3 aromatic rings. The number of fused-ring (bicyclic) bond motifs is 1. The van der Waals surface area contributed by atoms with Crippen molar-refractivity contribution in [3.63, 3.8) is 0 Å². The van der Waals surface area contributed by atoms with Gasteiger partial charge in [-0.3, -0.25) is 0 Å². The molecule has 24 heavy (non-hydrogen) atoms. The summed E-state index contributed by atoms with van der Waals surface area (Å²) in [5.74, 6) is 3.20. The zero-order valence-electron chi connectivity index (χ0n) is 14.5. The van der Waals surface area contributed by atoms with Gasteiger partial charge in [-0.25, -0.2) is 4.98 Å². The molecule has 0 fully saturated rings. The Balaban J connectivity index is 1.93. The van der Waals surface area contributed by atoms with Gasteiger partial charge < -0.3 is 14.0 Å². The van der Waals surface area contributed by atoms with Crippen molar-refractivity contribution in [2.75, 3.05) is 6.61 Å². The van der Waals surface area contributed by atoms with Crippen molar-refractivity contribution in [2.24, 2.45) is 5.92 Å². The SMILES string of the molecule is CCOc1ccc2nc(COc3ccccc3)n(CC(C)C)c2c1. The Hall–Kier alpha value is -2.49. The Morgan fingerprint density at radius 3 is 2.50 bits per heavy atom. The first-order valence-electron chi connectivity index (χ1n) is 8.47. The standard InChI is InChI=1S/C20H24N2O2/c1-4-23-17-10-11-18-19(12-17)22(13-15(2)3)20(21-18)14-24-16-8-6-5-7-9-16/h5-12,15H,4,13-14H2,1-3H3. The third-order valence-corrected chi connectivity index (χ3v) is 3.77. The number of hydrogen-bond donors (Lipinski definition) is 0. The molecule has 0 unspecified atom stereocenters. The Bertz CT molecular complexity index is 794. The van der Waals surface area contributed by atoms with E-state index in [4.69, 9.17) is 14.5 Å². The van der Waals surface area contributed by atoms with E-state index >= 15 is 0 Å². The number of ether oxygens (including phenoxy) is 2. The van der Waals surface area contributed by atoms with Gasteiger partial charge in [0.05, 0.1) is 17.6 Å². The fraction of sp³-hybridized carbons (Fsp3) is 0.350. The van der Waals surface area contributed by atoms with Gasteiger partial charge in [0.1, 0.15) is 23.9 Å². The third-order valence-electron chi connectivity index (χ3n) is 3.77. The lowest BCUT2D eigenvalue weighted by Crippen LogP contribution is -2.11. The van der Waals surface area contributed by atoms with Crippen LogP contribution in [0.1, 0.15) is 26.6 Å². The molecule has 3 rings (SSSR count). The highest BCUT2D eigenvalue weighted by molar-refractivity contribution is 5.77. The van der Waals surface area contributed by atoms with Crippen LogP contribution in [0.3, 0.4) is 0 Å². The first-order chi connectivity index (χ1) is 11.7. The van der Waals surface area contributed by atoms with Crippen LogP contribution in [0.5, 0.6) is 11.5 Å². The van der Waals surface area contributed by atoms with E-state index in [9.17, 15) is 0 Å². The van der Waals surface area contributed by atoms with Crippen molar-refractivity contribution in [1.29, 1.82) is 0 Å². The van der Waals surface area contributed by atoms with Crippen LogP contribution in [0.4, 0.5) is 0 Å². The lowest BCUT2D eigenvalue weighted by Gasteiger charge is -2.13. The molecule has 0 radical (unpaired) electrons. The Morgan fingerprint density at radius 1 is 1.00 bits per heavy atom. The number of benzene rings is 2. The van der Waals surface area contributed by atoms with Crippen LogP contribution in [0.25, 0.3) is 11.0 Å². The van der Waals surface area contributed by atoms with Gasteiger partial charge in [-0.05, 0) is 37.1 Å². The molecular formula is C20H24N2O2. The summed E-state index contributed by atoms with van der Waals surface area (Å²) in [6, 6.07) is 15.9. The maximum Gasteiger partial charge on any atom is 0.148 e. The zero-order valence-corrected chi connectivity index (χ0v) is 14.5. The Labute approximate surface area is 143 Å². The molecule has 1 heterocycles. The van der Waals surface area contributed by atoms with Gasteiger partial charge in [-0.1, -0.05) is 32.0 Å². The van der Waals surface area contributed by atoms with Gasteiger partial charge in [-0.15, -0.1) is 0 Å². The second-order valence-electron chi connectivity index (χ2n) is 6.22. The quantitative estimate of drug-likeness (QED) is 0.633. The predicted molar refractivity (Wildman–Crippen MR) is 96.5 cm³/mol. The molecule has 0 amide bonds. The lowest BCUT2D eigenvalue weighted by atomic mass is 10.2. The molecule has 4 nitrogen and oxygen atoms in total. The van der Waals surface area contributed by atoms with Gasteiger partial charge in [0, 0.05) is 12.6 Å². The molecule has 0 saturated carbocycles. The molecule has 0 aliphatic heterocycles. The molecule has 0 N–H and O–H groups in total. The van der Waals surface area contributed by atoms with E-state index in [-0.39, 0.29) is 0 Å². The second kappa shape index (κ2) is 7.39. The molecule has 4 heteroatoms. The molecule has 1 aromatic heterocycles. The molecule has 0 bridgehead atoms. The summed E-state index contributed by atoms with van der Waals surface area (Å²) in [5, 5.41) is 0. The lowest BCUT2D eigenvalue weighted by molar-refractivity contribution is 0.287. The minimum absolute atomic E-state index is 0.454. The summed E-state index contributed by atoms with van der Waals surface area (Å²) in [4.78, 5) is 4.76. The van der Waals surface area contributed by atoms with E-state index in [2.05, 4.69) is 24.5 Å². The highest BCUT2D eigenvalue weighted by Gasteiger charge is 2.13. The normalized spacial score (nSPS) is 11.2. The second-order valence-corrected chi connectivity index (χ2v) is 6.22. The van der Waals surface area contributed by atoms with Crippen LogP contribution in [-0.4, -0.2) is 16.2 Å². The molecule has 0 aliphatic rings. The predicted octanol–water partition coefficient (Wildman–Crippen LogP) is 4.67. The number of aromatic nitrogens is 2. The van der Waals surface area contributed by atoms with Crippen molar-refractivity contribution >= 4 is 11.0 Å². The van der Waals surface area contributed by atoms with Gasteiger partial charge in [0.25, 0.3) is 0 Å². The fourth-order valence-electron chi connectivity index (χ4n) is 2.75. The first-order valence-corrected chi connectivity index (χ1v) is 8.47. The van der Waals surface area contributed by atoms with Crippen LogP contribution >= 0.6 is 0 Å². The summed E-state index contributed by atoms with van der Waals surface area (Å²) in [6.45, 7) is 8.43. The Morgan fingerprint density at radius 2 is 1.79 bits per heavy atom. The maximum absolute atomic E-state index is 5.91. The van der Waals surface area contributed by atoms with E-state index in [0.717, 1.165) is 34.9 Å². The van der Waals surface area contributed by atoms with Crippen LogP contribution in [-0.2, 0) is 13.2 Å². The van der Waals surface area contributed by atoms with Crippen molar-refractivity contribution < 1.29 is 9.47 Å². The molecule has 0 aliphatic carbocycles. The topological polar surface area (TPSA) is 36.3 Å². The number of imidazole rings is 1. The van der Waals surface area contributed by atoms with E-state index in [1.54, 1.807) is 0 Å². The molecule has 0 spiro atoms. The van der Waals surface area contributed by atoms with Gasteiger partial charge in [0.2, 0.25) is 0 Å². The van der Waals surface area contributed by atoms with Crippen LogP contribution in [0.2, 0.25) is 0 Å². The molecule has 0 saturated heterocycles. The van der Waals surface area contributed by atoms with Crippen molar-refractivity contribution in [3.05, 3.63) is 54.4 Å². The fourth-order valence-corrected chi connectivity index (χ4v) is 2.75. The Kier molecular flexibility index (Phi) is 5.04. The van der Waals surface area contributed by atoms with E-state index in [0.29, 0.717) is 19.1 Å². The van der Waals surface area contributed by atoms with Crippen LogP contribution in [0, 0.1) is 5.92 Å². The summed E-state index contributed by atoms with van der Waals surface area (Å²) < 4.78 is 13.8. The third kappa shape index (κ3) is 3.70. The first kappa shape index (κ1) is 16.4. The summed E-state index contributed by atoms with van der Waals surface area (Å²) in [7, 11) is 0. The van der Waals surface area contributed by atoms with Crippen molar-refractivity contribution in [1.82, 2.24) is 9.55 Å². The van der Waals surface area contributed by atoms with E-state index in [1.807, 2.05) is 49.4 Å². The van der Waals surface area contributed by atoms with Gasteiger partial charge in [0.15, 0.2) is 0 Å². The number of hydrogen-bond acceptors (Lipinski definition) is 3. The zero-order chi connectivity index (χ0) is 16.9. The van der Waals surface area contributed by atoms with Crippen molar-refractivity contribution in [3.8, 4) is 11.5 Å². The molecule has 126 valence electrons. The monoisotopic (exact) mass is 324 g/mol. The van der Waals surface area contributed by atoms with Gasteiger partial charge >= 0.3 is 0 Å². The maximum atomic E-state index is 5.91.